The number of pyridine rings is 3. The van der Waals surface area contributed by atoms with Gasteiger partial charge in [-0.3, -0.25) is 19.7 Å². The van der Waals surface area contributed by atoms with E-state index in [2.05, 4.69) is 41.1 Å². The fourth-order valence-electron chi connectivity index (χ4n) is 4.12. The van der Waals surface area contributed by atoms with E-state index in [4.69, 9.17) is 0 Å². The summed E-state index contributed by atoms with van der Waals surface area (Å²) in [5.41, 5.74) is 5.52. The van der Waals surface area contributed by atoms with Crippen molar-refractivity contribution in [2.75, 3.05) is 13.1 Å². The van der Waals surface area contributed by atoms with Crippen molar-refractivity contribution in [2.45, 2.75) is 32.5 Å². The number of halogens is 3. The summed E-state index contributed by atoms with van der Waals surface area (Å²) in [5.74, 6) is -1.17. The Hall–Kier alpha value is -3.86. The van der Waals surface area contributed by atoms with Crippen LogP contribution in [0, 0.1) is 0 Å². The molecule has 0 fully saturated rings. The topological polar surface area (TPSA) is 103 Å². The first kappa shape index (κ1) is 22.9. The summed E-state index contributed by atoms with van der Waals surface area (Å²) < 4.78 is 38.2. The Kier molecular flexibility index (Phi) is 5.93. The fraction of sp³-hybridized carbons (Fsp3) is 0.292. The van der Waals surface area contributed by atoms with Crippen LogP contribution in [0.25, 0.3) is 28.1 Å². The lowest BCUT2D eigenvalue weighted by atomic mass is 10.0. The van der Waals surface area contributed by atoms with Gasteiger partial charge in [0.25, 0.3) is 5.56 Å². The molecule has 0 saturated heterocycles. The third-order valence-corrected chi connectivity index (χ3v) is 6.04. The van der Waals surface area contributed by atoms with Crippen LogP contribution in [0.15, 0.2) is 47.5 Å². The monoisotopic (exact) mass is 481 g/mol. The first-order chi connectivity index (χ1) is 16.8. The minimum Gasteiger partial charge on any atom is -0.320 e. The van der Waals surface area contributed by atoms with Gasteiger partial charge in [-0.05, 0) is 47.7 Å². The Morgan fingerprint density at radius 3 is 2.60 bits per heavy atom. The molecule has 1 aliphatic heterocycles. The zero-order valence-corrected chi connectivity index (χ0v) is 18.9. The summed E-state index contributed by atoms with van der Waals surface area (Å²) in [4.78, 5) is 28.3. The predicted molar refractivity (Wildman–Crippen MR) is 124 cm³/mol. The Balaban J connectivity index is 1.25. The Morgan fingerprint density at radius 2 is 1.94 bits per heavy atom. The quantitative estimate of drug-likeness (QED) is 0.447. The van der Waals surface area contributed by atoms with Gasteiger partial charge in [-0.15, -0.1) is 10.2 Å². The highest BCUT2D eigenvalue weighted by Crippen LogP contribution is 2.28. The molecule has 0 radical (unpaired) electrons. The van der Waals surface area contributed by atoms with E-state index >= 15 is 0 Å². The Bertz CT molecular complexity index is 1450. The molecular weight excluding hydrogens is 459 g/mol. The van der Waals surface area contributed by atoms with Gasteiger partial charge in [0, 0.05) is 37.6 Å². The van der Waals surface area contributed by atoms with Crippen LogP contribution < -0.4 is 5.56 Å². The molecule has 2 N–H and O–H groups in total. The van der Waals surface area contributed by atoms with E-state index in [-0.39, 0.29) is 11.4 Å². The number of aromatic amines is 2. The van der Waals surface area contributed by atoms with Crippen LogP contribution >= 0.6 is 0 Å². The largest absolute Gasteiger partial charge is 0.451 e. The first-order valence-electron chi connectivity index (χ1n) is 11.2. The average molecular weight is 481 g/mol. The van der Waals surface area contributed by atoms with E-state index < -0.39 is 12.0 Å². The van der Waals surface area contributed by atoms with Crippen molar-refractivity contribution in [3.63, 3.8) is 0 Å². The number of hydrogen-bond acceptors (Lipinski definition) is 6. The lowest BCUT2D eigenvalue weighted by Crippen LogP contribution is -2.28. The number of nitrogens with zero attached hydrogens (tertiary/aromatic N) is 5. The minimum atomic E-state index is -4.58. The molecule has 4 aromatic rings. The van der Waals surface area contributed by atoms with Crippen LogP contribution in [-0.2, 0) is 19.1 Å². The summed E-state index contributed by atoms with van der Waals surface area (Å²) in [5, 5.41) is 6.68. The standard InChI is InChI=1S/C24H22F3N7O/c1-2-15-10-19-20(30-22(15)35)9-14(11-28-19)13-34-7-5-16(6-8-34)17-3-4-18(29-12-17)21-31-23(33-32-21)24(25,26)27/h3-5,9-12H,2,6-8,13H2,1H3,(H,30,35)(H,31,32,33). The van der Waals surface area contributed by atoms with Crippen LogP contribution in [0.4, 0.5) is 13.2 Å². The summed E-state index contributed by atoms with van der Waals surface area (Å²) in [6, 6.07) is 7.27. The molecule has 0 unspecified atom stereocenters. The van der Waals surface area contributed by atoms with E-state index in [9.17, 15) is 18.0 Å². The smallest absolute Gasteiger partial charge is 0.320 e. The third-order valence-electron chi connectivity index (χ3n) is 6.04. The van der Waals surface area contributed by atoms with E-state index in [0.29, 0.717) is 18.7 Å². The molecule has 5 rings (SSSR count). The van der Waals surface area contributed by atoms with E-state index in [1.807, 2.05) is 31.3 Å². The molecule has 11 heteroatoms. The molecule has 0 aliphatic carbocycles. The zero-order valence-electron chi connectivity index (χ0n) is 18.9. The van der Waals surface area contributed by atoms with Gasteiger partial charge in [-0.1, -0.05) is 19.1 Å². The molecule has 1 aliphatic rings. The lowest BCUT2D eigenvalue weighted by Gasteiger charge is -2.26. The van der Waals surface area contributed by atoms with Gasteiger partial charge < -0.3 is 9.97 Å². The van der Waals surface area contributed by atoms with Gasteiger partial charge in [0.05, 0.1) is 11.0 Å². The van der Waals surface area contributed by atoms with Gasteiger partial charge in [0.1, 0.15) is 5.69 Å². The molecule has 180 valence electrons. The van der Waals surface area contributed by atoms with Gasteiger partial charge in [0.2, 0.25) is 5.82 Å². The van der Waals surface area contributed by atoms with Crippen LogP contribution in [0.2, 0.25) is 0 Å². The highest BCUT2D eigenvalue weighted by atomic mass is 19.4. The molecule has 0 saturated carbocycles. The van der Waals surface area contributed by atoms with Crippen molar-refractivity contribution in [2.24, 2.45) is 0 Å². The molecule has 0 amide bonds. The Morgan fingerprint density at radius 1 is 1.09 bits per heavy atom. The van der Waals surface area contributed by atoms with E-state index in [0.717, 1.165) is 52.8 Å². The first-order valence-corrected chi connectivity index (χ1v) is 11.2. The van der Waals surface area contributed by atoms with Crippen molar-refractivity contribution < 1.29 is 13.2 Å². The molecular formula is C24H22F3N7O. The lowest BCUT2D eigenvalue weighted by molar-refractivity contribution is -0.144. The maximum Gasteiger partial charge on any atom is 0.451 e. The summed E-state index contributed by atoms with van der Waals surface area (Å²) in [7, 11) is 0. The average Bonchev–Trinajstić information content (AvgIpc) is 3.35. The van der Waals surface area contributed by atoms with Crippen LogP contribution in [-0.4, -0.2) is 48.1 Å². The normalized spacial score (nSPS) is 14.9. The third kappa shape index (κ3) is 4.85. The SMILES string of the molecule is CCc1cc2ncc(CN3CC=C(c4ccc(-c5nnc(C(F)(F)F)[nH]5)nc4)CC3)cc2[nH]c1=O. The number of nitrogens with one attached hydrogen (secondary N) is 2. The molecule has 4 aromatic heterocycles. The number of fused-ring (bicyclic) bond motifs is 1. The minimum absolute atomic E-state index is 0.0241. The van der Waals surface area contributed by atoms with Gasteiger partial charge in [0.15, 0.2) is 5.82 Å². The Labute approximate surface area is 198 Å². The highest BCUT2D eigenvalue weighted by molar-refractivity contribution is 5.75. The number of aromatic nitrogens is 6. The van der Waals surface area contributed by atoms with Crippen molar-refractivity contribution in [3.05, 3.63) is 75.6 Å². The van der Waals surface area contributed by atoms with E-state index in [1.165, 1.54) is 0 Å². The number of hydrogen-bond donors (Lipinski definition) is 2. The number of alkyl halides is 3. The van der Waals surface area contributed by atoms with E-state index in [1.54, 1.807) is 12.3 Å². The molecule has 0 atom stereocenters. The van der Waals surface area contributed by atoms with Gasteiger partial charge in [-0.25, -0.2) is 0 Å². The van der Waals surface area contributed by atoms with Crippen LogP contribution in [0.5, 0.6) is 0 Å². The predicted octanol–water partition coefficient (Wildman–Crippen LogP) is 3.97. The maximum atomic E-state index is 12.7. The van der Waals surface area contributed by atoms with Gasteiger partial charge >= 0.3 is 6.18 Å². The number of H-pyrrole nitrogens is 2. The number of aryl methyl sites for hydroxylation is 1. The molecule has 5 heterocycles. The maximum absolute atomic E-state index is 12.7. The molecule has 0 bridgehead atoms. The van der Waals surface area contributed by atoms with Crippen molar-refractivity contribution >= 4 is 16.6 Å². The number of rotatable bonds is 5. The van der Waals surface area contributed by atoms with Crippen molar-refractivity contribution in [3.8, 4) is 11.5 Å². The second-order valence-corrected chi connectivity index (χ2v) is 8.42. The van der Waals surface area contributed by atoms with Gasteiger partial charge in [-0.2, -0.15) is 13.2 Å². The summed E-state index contributed by atoms with van der Waals surface area (Å²) in [6.07, 6.45) is 2.49. The molecule has 0 spiro atoms. The summed E-state index contributed by atoms with van der Waals surface area (Å²) in [6.45, 7) is 4.21. The van der Waals surface area contributed by atoms with Crippen LogP contribution in [0.3, 0.4) is 0 Å². The molecule has 0 aromatic carbocycles. The second-order valence-electron chi connectivity index (χ2n) is 8.42. The van der Waals surface area contributed by atoms with Crippen molar-refractivity contribution in [1.29, 1.82) is 0 Å². The second kappa shape index (κ2) is 9.06. The van der Waals surface area contributed by atoms with Crippen molar-refractivity contribution in [1.82, 2.24) is 35.0 Å². The van der Waals surface area contributed by atoms with Crippen LogP contribution in [0.1, 0.15) is 35.9 Å². The molecule has 8 nitrogen and oxygen atoms in total. The highest BCUT2D eigenvalue weighted by Gasteiger charge is 2.35. The summed E-state index contributed by atoms with van der Waals surface area (Å²) >= 11 is 0. The molecule has 35 heavy (non-hydrogen) atoms. The zero-order chi connectivity index (χ0) is 24.6. The fourth-order valence-corrected chi connectivity index (χ4v) is 4.12.